The van der Waals surface area contributed by atoms with Crippen LogP contribution in [-0.4, -0.2) is 26.9 Å². The second-order valence-electron chi connectivity index (χ2n) is 4.27. The average molecular weight is 223 g/mol. The number of carboxylic acid groups (broad SMARTS) is 1. The number of rotatable bonds is 5. The molecular weight excluding hydrogens is 206 g/mol. The van der Waals surface area contributed by atoms with E-state index in [1.807, 2.05) is 14.0 Å². The largest absolute Gasteiger partial charge is 0.480 e. The molecule has 0 aliphatic heterocycles. The minimum Gasteiger partial charge on any atom is -0.480 e. The first-order valence-electron chi connectivity index (χ1n) is 5.63. The molecule has 2 N–H and O–H groups in total. The predicted molar refractivity (Wildman–Crippen MR) is 59.1 cm³/mol. The van der Waals surface area contributed by atoms with Gasteiger partial charge in [-0.1, -0.05) is 6.92 Å². The van der Waals surface area contributed by atoms with Crippen molar-refractivity contribution >= 4 is 5.97 Å². The van der Waals surface area contributed by atoms with Crippen LogP contribution in [0.15, 0.2) is 6.20 Å². The molecule has 1 heterocycles. The monoisotopic (exact) mass is 223 g/mol. The van der Waals surface area contributed by atoms with Gasteiger partial charge in [0.2, 0.25) is 0 Å². The molecule has 1 saturated carbocycles. The van der Waals surface area contributed by atoms with Gasteiger partial charge in [0.15, 0.2) is 0 Å². The van der Waals surface area contributed by atoms with Gasteiger partial charge in [0.1, 0.15) is 6.04 Å². The number of hydrogen-bond acceptors (Lipinski definition) is 3. The molecule has 88 valence electrons. The molecule has 0 spiro atoms. The lowest BCUT2D eigenvalue weighted by Crippen LogP contribution is -2.30. The Morgan fingerprint density at radius 2 is 2.44 bits per heavy atom. The average Bonchev–Trinajstić information content (AvgIpc) is 2.97. The molecule has 0 bridgehead atoms. The molecule has 1 aromatic rings. The number of carboxylic acids is 1. The van der Waals surface area contributed by atoms with Gasteiger partial charge in [-0.25, -0.2) is 0 Å². The summed E-state index contributed by atoms with van der Waals surface area (Å²) in [5.74, 6) is -0.824. The zero-order valence-electron chi connectivity index (χ0n) is 9.60. The Labute approximate surface area is 94.5 Å². The van der Waals surface area contributed by atoms with Crippen molar-refractivity contribution in [3.8, 4) is 0 Å². The molecule has 1 aliphatic carbocycles. The molecular formula is C11H17N3O2. The van der Waals surface area contributed by atoms with E-state index >= 15 is 0 Å². The maximum atomic E-state index is 11.2. The van der Waals surface area contributed by atoms with Crippen LogP contribution in [0.3, 0.4) is 0 Å². The van der Waals surface area contributed by atoms with Crippen LogP contribution in [0, 0.1) is 0 Å². The van der Waals surface area contributed by atoms with Gasteiger partial charge in [0.05, 0.1) is 5.69 Å². The van der Waals surface area contributed by atoms with Crippen molar-refractivity contribution in [3.05, 3.63) is 17.5 Å². The maximum absolute atomic E-state index is 11.2. The molecule has 1 aromatic heterocycles. The van der Waals surface area contributed by atoms with Crippen LogP contribution in [0.1, 0.15) is 37.1 Å². The second-order valence-corrected chi connectivity index (χ2v) is 4.27. The quantitative estimate of drug-likeness (QED) is 0.777. The minimum absolute atomic E-state index is 0.367. The third-order valence-corrected chi connectivity index (χ3v) is 2.81. The van der Waals surface area contributed by atoms with Crippen molar-refractivity contribution in [1.29, 1.82) is 0 Å². The van der Waals surface area contributed by atoms with Crippen molar-refractivity contribution < 1.29 is 9.90 Å². The smallest absolute Gasteiger partial charge is 0.325 e. The Balaban J connectivity index is 2.25. The first kappa shape index (κ1) is 11.1. The Bertz CT molecular complexity index is 396. The van der Waals surface area contributed by atoms with Gasteiger partial charge < -0.3 is 5.11 Å². The minimum atomic E-state index is -0.824. The summed E-state index contributed by atoms with van der Waals surface area (Å²) in [5, 5.41) is 16.6. The summed E-state index contributed by atoms with van der Waals surface area (Å²) in [6, 6.07) is -0.248. The van der Waals surface area contributed by atoms with Crippen LogP contribution in [0.25, 0.3) is 0 Å². The van der Waals surface area contributed by atoms with Gasteiger partial charge in [-0.2, -0.15) is 5.10 Å². The maximum Gasteiger partial charge on any atom is 0.325 e. The summed E-state index contributed by atoms with van der Waals surface area (Å²) in [6.45, 7) is 1.99. The normalized spacial score (nSPS) is 17.4. The Morgan fingerprint density at radius 1 is 1.75 bits per heavy atom. The molecule has 0 amide bonds. The highest BCUT2D eigenvalue weighted by Crippen LogP contribution is 2.25. The van der Waals surface area contributed by atoms with E-state index in [0.717, 1.165) is 30.5 Å². The lowest BCUT2D eigenvalue weighted by molar-refractivity contribution is -0.139. The van der Waals surface area contributed by atoms with Crippen molar-refractivity contribution in [2.45, 2.75) is 38.3 Å². The topological polar surface area (TPSA) is 67.2 Å². The summed E-state index contributed by atoms with van der Waals surface area (Å²) in [5.41, 5.74) is 1.66. The van der Waals surface area contributed by atoms with E-state index in [0.29, 0.717) is 6.04 Å². The van der Waals surface area contributed by atoms with Crippen molar-refractivity contribution in [1.82, 2.24) is 15.1 Å². The van der Waals surface area contributed by atoms with Crippen molar-refractivity contribution in [2.75, 3.05) is 0 Å². The molecule has 2 rings (SSSR count). The van der Waals surface area contributed by atoms with Gasteiger partial charge in [-0.15, -0.1) is 0 Å². The number of aryl methyl sites for hydroxylation is 2. The van der Waals surface area contributed by atoms with Crippen molar-refractivity contribution in [2.24, 2.45) is 7.05 Å². The first-order chi connectivity index (χ1) is 7.61. The second kappa shape index (κ2) is 4.25. The van der Waals surface area contributed by atoms with E-state index < -0.39 is 12.0 Å². The Kier molecular flexibility index (Phi) is 2.96. The number of nitrogens with zero attached hydrogens (tertiary/aromatic N) is 2. The van der Waals surface area contributed by atoms with Gasteiger partial charge in [0.25, 0.3) is 0 Å². The van der Waals surface area contributed by atoms with E-state index in [2.05, 4.69) is 10.4 Å². The van der Waals surface area contributed by atoms with Crippen LogP contribution in [0.5, 0.6) is 0 Å². The predicted octanol–water partition coefficient (Wildman–Crippen LogP) is 0.860. The van der Waals surface area contributed by atoms with Crippen LogP contribution in [0.2, 0.25) is 0 Å². The number of aromatic nitrogens is 2. The molecule has 1 aliphatic rings. The fraction of sp³-hybridized carbons (Fsp3) is 0.636. The van der Waals surface area contributed by atoms with E-state index in [9.17, 15) is 9.90 Å². The summed E-state index contributed by atoms with van der Waals surface area (Å²) < 4.78 is 1.68. The molecule has 16 heavy (non-hydrogen) atoms. The van der Waals surface area contributed by atoms with E-state index in [-0.39, 0.29) is 0 Å². The number of carbonyl (C=O) groups is 1. The van der Waals surface area contributed by atoms with Crippen LogP contribution in [0.4, 0.5) is 0 Å². The van der Waals surface area contributed by atoms with Crippen molar-refractivity contribution in [3.63, 3.8) is 0 Å². The Morgan fingerprint density at radius 3 is 2.94 bits per heavy atom. The SMILES string of the molecule is CCc1nn(C)cc1C(NC1CC1)C(=O)O. The fourth-order valence-corrected chi connectivity index (χ4v) is 1.85. The molecule has 0 radical (unpaired) electrons. The highest BCUT2D eigenvalue weighted by Gasteiger charge is 2.31. The van der Waals surface area contributed by atoms with Gasteiger partial charge in [-0.3, -0.25) is 14.8 Å². The number of nitrogens with one attached hydrogen (secondary N) is 1. The van der Waals surface area contributed by atoms with Gasteiger partial charge >= 0.3 is 5.97 Å². The lowest BCUT2D eigenvalue weighted by atomic mass is 10.1. The molecule has 5 nitrogen and oxygen atoms in total. The Hall–Kier alpha value is -1.36. The summed E-state index contributed by atoms with van der Waals surface area (Å²) in [4.78, 5) is 11.2. The fourth-order valence-electron chi connectivity index (χ4n) is 1.85. The van der Waals surface area contributed by atoms with Gasteiger partial charge in [0, 0.05) is 24.8 Å². The number of hydrogen-bond donors (Lipinski definition) is 2. The highest BCUT2D eigenvalue weighted by atomic mass is 16.4. The zero-order valence-corrected chi connectivity index (χ0v) is 9.60. The standard InChI is InChI=1S/C11H17N3O2/c1-3-9-8(6-14(2)13-9)10(11(15)16)12-7-4-5-7/h6-7,10,12H,3-5H2,1-2H3,(H,15,16). The van der Waals surface area contributed by atoms with E-state index in [1.54, 1.807) is 10.9 Å². The third kappa shape index (κ3) is 2.24. The van der Waals surface area contributed by atoms with Crippen LogP contribution < -0.4 is 5.32 Å². The molecule has 1 unspecified atom stereocenters. The molecule has 5 heteroatoms. The third-order valence-electron chi connectivity index (χ3n) is 2.81. The lowest BCUT2D eigenvalue weighted by Gasteiger charge is -2.13. The van der Waals surface area contributed by atoms with Crippen LogP contribution >= 0.6 is 0 Å². The zero-order chi connectivity index (χ0) is 11.7. The summed E-state index contributed by atoms with van der Waals surface area (Å²) in [7, 11) is 1.82. The van der Waals surface area contributed by atoms with E-state index in [4.69, 9.17) is 0 Å². The molecule has 1 fully saturated rings. The molecule has 0 saturated heterocycles. The molecule has 0 aromatic carbocycles. The van der Waals surface area contributed by atoms with Gasteiger partial charge in [-0.05, 0) is 19.3 Å². The first-order valence-corrected chi connectivity index (χ1v) is 5.63. The highest BCUT2D eigenvalue weighted by molar-refractivity contribution is 5.76. The summed E-state index contributed by atoms with van der Waals surface area (Å²) in [6.07, 6.45) is 4.70. The molecule has 1 atom stereocenters. The van der Waals surface area contributed by atoms with E-state index in [1.165, 1.54) is 0 Å². The summed E-state index contributed by atoms with van der Waals surface area (Å²) >= 11 is 0. The number of aliphatic carboxylic acids is 1. The van der Waals surface area contributed by atoms with Crippen LogP contribution in [-0.2, 0) is 18.3 Å².